The minimum atomic E-state index is 0.199. The van der Waals surface area contributed by atoms with Gasteiger partial charge in [0.1, 0.15) is 0 Å². The molecule has 1 unspecified atom stereocenters. The van der Waals surface area contributed by atoms with Gasteiger partial charge in [-0.05, 0) is 48.9 Å². The fourth-order valence-corrected chi connectivity index (χ4v) is 3.04. The Bertz CT molecular complexity index is 549. The summed E-state index contributed by atoms with van der Waals surface area (Å²) in [5, 5.41) is 4.07. The van der Waals surface area contributed by atoms with Crippen molar-refractivity contribution in [3.05, 3.63) is 62.8 Å². The molecule has 20 heavy (non-hydrogen) atoms. The van der Waals surface area contributed by atoms with E-state index in [1.165, 1.54) is 5.56 Å². The number of benzene rings is 1. The molecule has 1 aromatic heterocycles. The number of hydrogen-bond acceptors (Lipinski definition) is 2. The van der Waals surface area contributed by atoms with Crippen molar-refractivity contribution < 1.29 is 0 Å². The molecule has 0 saturated heterocycles. The molecule has 0 fully saturated rings. The van der Waals surface area contributed by atoms with Gasteiger partial charge in [-0.15, -0.1) is 0 Å². The molecule has 0 amide bonds. The molecule has 0 aliphatic rings. The van der Waals surface area contributed by atoms with Crippen molar-refractivity contribution in [1.29, 1.82) is 0 Å². The van der Waals surface area contributed by atoms with Crippen LogP contribution in [-0.4, -0.2) is 12.0 Å². The van der Waals surface area contributed by atoms with Gasteiger partial charge in [-0.2, -0.15) is 0 Å². The number of aromatic nitrogens is 1. The number of aryl methyl sites for hydroxylation is 1. The third kappa shape index (κ3) is 4.05. The molecule has 1 aromatic carbocycles. The molecule has 0 aliphatic carbocycles. The van der Waals surface area contributed by atoms with E-state index in [-0.39, 0.29) is 6.04 Å². The van der Waals surface area contributed by atoms with Gasteiger partial charge in [0.2, 0.25) is 0 Å². The van der Waals surface area contributed by atoms with Crippen LogP contribution in [0.2, 0.25) is 5.02 Å². The molecule has 0 saturated carbocycles. The second-order valence-electron chi connectivity index (χ2n) is 4.76. The van der Waals surface area contributed by atoms with Gasteiger partial charge in [0, 0.05) is 33.8 Å². The summed E-state index contributed by atoms with van der Waals surface area (Å²) in [4.78, 5) is 4.52. The summed E-state index contributed by atoms with van der Waals surface area (Å²) in [5.74, 6) is 0. The normalized spacial score (nSPS) is 12.4. The zero-order valence-corrected chi connectivity index (χ0v) is 14.0. The Labute approximate surface area is 133 Å². The molecule has 1 atom stereocenters. The van der Waals surface area contributed by atoms with Crippen LogP contribution in [0.5, 0.6) is 0 Å². The average Bonchev–Trinajstić information content (AvgIpc) is 2.44. The Kier molecular flexibility index (Phi) is 5.58. The van der Waals surface area contributed by atoms with E-state index in [2.05, 4.69) is 51.4 Å². The lowest BCUT2D eigenvalue weighted by molar-refractivity contribution is 0.584. The van der Waals surface area contributed by atoms with E-state index in [4.69, 9.17) is 11.6 Å². The fraction of sp³-hybridized carbons (Fsp3) is 0.312. The summed E-state index contributed by atoms with van der Waals surface area (Å²) in [5.41, 5.74) is 3.51. The maximum atomic E-state index is 6.12. The number of hydrogen-bond donors (Lipinski definition) is 1. The van der Waals surface area contributed by atoms with Crippen LogP contribution in [0, 0.1) is 0 Å². The maximum Gasteiger partial charge on any atom is 0.0422 e. The van der Waals surface area contributed by atoms with E-state index >= 15 is 0 Å². The van der Waals surface area contributed by atoms with Crippen LogP contribution in [0.15, 0.2) is 41.0 Å². The smallest absolute Gasteiger partial charge is 0.0422 e. The largest absolute Gasteiger partial charge is 0.313 e. The van der Waals surface area contributed by atoms with Crippen molar-refractivity contribution in [2.75, 3.05) is 7.05 Å². The van der Waals surface area contributed by atoms with E-state index in [1.807, 2.05) is 25.4 Å². The lowest BCUT2D eigenvalue weighted by atomic mass is 10.0. The van der Waals surface area contributed by atoms with Gasteiger partial charge < -0.3 is 5.32 Å². The van der Waals surface area contributed by atoms with Gasteiger partial charge >= 0.3 is 0 Å². The van der Waals surface area contributed by atoms with Gasteiger partial charge in [0.05, 0.1) is 0 Å². The second-order valence-corrected chi connectivity index (χ2v) is 6.11. The summed E-state index contributed by atoms with van der Waals surface area (Å²) in [6.07, 6.45) is 3.81. The summed E-state index contributed by atoms with van der Waals surface area (Å²) in [6, 6.07) is 10.4. The first-order valence-electron chi connectivity index (χ1n) is 6.69. The average molecular weight is 354 g/mol. The number of halogens is 2. The predicted octanol–water partition coefficient (Wildman–Crippen LogP) is 4.56. The number of nitrogens with zero attached hydrogens (tertiary/aromatic N) is 1. The topological polar surface area (TPSA) is 24.9 Å². The van der Waals surface area contributed by atoms with Gasteiger partial charge in [0.25, 0.3) is 0 Å². The van der Waals surface area contributed by atoms with Crippen molar-refractivity contribution in [3.63, 3.8) is 0 Å². The zero-order chi connectivity index (χ0) is 14.5. The third-order valence-corrected chi connectivity index (χ3v) is 4.02. The fourth-order valence-electron chi connectivity index (χ4n) is 2.16. The highest BCUT2D eigenvalue weighted by Crippen LogP contribution is 2.25. The molecule has 2 rings (SSSR count). The highest BCUT2D eigenvalue weighted by Gasteiger charge is 2.12. The second kappa shape index (κ2) is 7.21. The van der Waals surface area contributed by atoms with Crippen molar-refractivity contribution in [3.8, 4) is 0 Å². The molecule has 4 heteroatoms. The first-order valence-corrected chi connectivity index (χ1v) is 7.86. The molecule has 2 aromatic rings. The molecule has 0 bridgehead atoms. The Morgan fingerprint density at radius 3 is 2.65 bits per heavy atom. The van der Waals surface area contributed by atoms with Crippen LogP contribution in [-0.2, 0) is 12.8 Å². The lowest BCUT2D eigenvalue weighted by Crippen LogP contribution is -2.19. The first-order chi connectivity index (χ1) is 9.62. The van der Waals surface area contributed by atoms with Crippen LogP contribution in [0.25, 0.3) is 0 Å². The number of likely N-dealkylation sites (N-methyl/N-ethyl adjacent to an activating group) is 1. The summed E-state index contributed by atoms with van der Waals surface area (Å²) >= 11 is 9.61. The van der Waals surface area contributed by atoms with E-state index in [1.54, 1.807) is 0 Å². The Hall–Kier alpha value is -0.900. The monoisotopic (exact) mass is 352 g/mol. The molecule has 106 valence electrons. The van der Waals surface area contributed by atoms with Crippen LogP contribution < -0.4 is 5.32 Å². The van der Waals surface area contributed by atoms with Crippen LogP contribution >= 0.6 is 27.5 Å². The summed E-state index contributed by atoms with van der Waals surface area (Å²) in [6.45, 7) is 2.14. The number of nitrogens with one attached hydrogen (secondary N) is 1. The maximum absolute atomic E-state index is 6.12. The molecule has 1 N–H and O–H groups in total. The van der Waals surface area contributed by atoms with E-state index in [0.717, 1.165) is 33.6 Å². The molecule has 2 nitrogen and oxygen atoms in total. The van der Waals surface area contributed by atoms with Gasteiger partial charge in [-0.25, -0.2) is 0 Å². The molecular formula is C16H18BrClN2. The van der Waals surface area contributed by atoms with Gasteiger partial charge in [-0.3, -0.25) is 4.98 Å². The Morgan fingerprint density at radius 2 is 2.10 bits per heavy atom. The predicted molar refractivity (Wildman–Crippen MR) is 88.3 cm³/mol. The van der Waals surface area contributed by atoms with Crippen LogP contribution in [0.3, 0.4) is 0 Å². The van der Waals surface area contributed by atoms with Crippen molar-refractivity contribution in [2.45, 2.75) is 25.8 Å². The van der Waals surface area contributed by atoms with Crippen LogP contribution in [0.4, 0.5) is 0 Å². The third-order valence-electron chi connectivity index (χ3n) is 3.34. The Morgan fingerprint density at radius 1 is 1.30 bits per heavy atom. The van der Waals surface area contributed by atoms with Crippen LogP contribution in [0.1, 0.15) is 29.8 Å². The first kappa shape index (κ1) is 15.5. The molecule has 0 radical (unpaired) electrons. The van der Waals surface area contributed by atoms with Gasteiger partial charge in [0.15, 0.2) is 0 Å². The Balaban J connectivity index is 2.19. The van der Waals surface area contributed by atoms with E-state index in [9.17, 15) is 0 Å². The summed E-state index contributed by atoms with van der Waals surface area (Å²) in [7, 11) is 1.96. The van der Waals surface area contributed by atoms with E-state index in [0.29, 0.717) is 0 Å². The zero-order valence-electron chi connectivity index (χ0n) is 11.7. The lowest BCUT2D eigenvalue weighted by Gasteiger charge is -2.17. The molecule has 0 spiro atoms. The quantitative estimate of drug-likeness (QED) is 0.852. The summed E-state index contributed by atoms with van der Waals surface area (Å²) < 4.78 is 0.995. The van der Waals surface area contributed by atoms with Crippen molar-refractivity contribution >= 4 is 27.5 Å². The SMILES string of the molecule is CCc1ccc(CC(NC)c2cc(Cl)cc(Br)c2)nc1. The molecular weight excluding hydrogens is 336 g/mol. The number of pyridine rings is 1. The minimum Gasteiger partial charge on any atom is -0.313 e. The minimum absolute atomic E-state index is 0.199. The highest BCUT2D eigenvalue weighted by molar-refractivity contribution is 9.10. The number of rotatable bonds is 5. The molecule has 0 aliphatic heterocycles. The van der Waals surface area contributed by atoms with E-state index < -0.39 is 0 Å². The van der Waals surface area contributed by atoms with Crippen molar-refractivity contribution in [1.82, 2.24) is 10.3 Å². The molecule has 1 heterocycles. The highest BCUT2D eigenvalue weighted by atomic mass is 79.9. The van der Waals surface area contributed by atoms with Gasteiger partial charge in [-0.1, -0.05) is 40.5 Å². The standard InChI is InChI=1S/C16H18BrClN2/c1-3-11-4-5-15(20-10-11)9-16(19-2)12-6-13(17)8-14(18)7-12/h4-8,10,16,19H,3,9H2,1-2H3. The van der Waals surface area contributed by atoms with Crippen molar-refractivity contribution in [2.24, 2.45) is 0 Å².